The highest BCUT2D eigenvalue weighted by Crippen LogP contribution is 2.36. The molecule has 3 rings (SSSR count). The lowest BCUT2D eigenvalue weighted by molar-refractivity contribution is -0.124. The molecule has 0 saturated carbocycles. The van der Waals surface area contributed by atoms with E-state index in [0.29, 0.717) is 17.2 Å². The van der Waals surface area contributed by atoms with Crippen LogP contribution >= 0.6 is 11.3 Å². The summed E-state index contributed by atoms with van der Waals surface area (Å²) < 4.78 is 16.1. The van der Waals surface area contributed by atoms with Crippen LogP contribution in [0, 0.1) is 5.41 Å². The van der Waals surface area contributed by atoms with Crippen LogP contribution in [-0.2, 0) is 4.79 Å². The van der Waals surface area contributed by atoms with Gasteiger partial charge in [0.05, 0.1) is 6.04 Å². The second-order valence-corrected chi connectivity index (χ2v) is 7.66. The van der Waals surface area contributed by atoms with Gasteiger partial charge in [-0.2, -0.15) is 0 Å². The number of hydrogen-bond donors (Lipinski definition) is 1. The molecule has 24 heavy (non-hydrogen) atoms. The minimum atomic E-state index is -0.152. The molecule has 0 saturated heterocycles. The molecule has 2 aromatic rings. The van der Waals surface area contributed by atoms with Gasteiger partial charge >= 0.3 is 0 Å². The molecule has 128 valence electrons. The predicted octanol–water partition coefficient (Wildman–Crippen LogP) is 3.76. The summed E-state index contributed by atoms with van der Waals surface area (Å²) in [6.07, 6.45) is 0. The Balaban J connectivity index is 1.60. The van der Waals surface area contributed by atoms with Gasteiger partial charge in [0.2, 0.25) is 6.79 Å². The maximum Gasteiger partial charge on any atom is 0.258 e. The van der Waals surface area contributed by atoms with E-state index in [1.54, 1.807) is 29.5 Å². The third-order valence-electron chi connectivity index (χ3n) is 3.71. The van der Waals surface area contributed by atoms with Crippen LogP contribution in [-0.4, -0.2) is 19.3 Å². The first-order chi connectivity index (χ1) is 11.4. The molecule has 0 aliphatic carbocycles. The number of nitrogens with one attached hydrogen (secondary N) is 1. The summed E-state index contributed by atoms with van der Waals surface area (Å²) in [7, 11) is 0. The van der Waals surface area contributed by atoms with Crippen LogP contribution in [0.1, 0.15) is 31.7 Å². The van der Waals surface area contributed by atoms with E-state index in [0.717, 1.165) is 4.88 Å². The van der Waals surface area contributed by atoms with Gasteiger partial charge in [-0.15, -0.1) is 11.3 Å². The molecule has 0 radical (unpaired) electrons. The van der Waals surface area contributed by atoms with Gasteiger partial charge in [-0.3, -0.25) is 4.79 Å². The summed E-state index contributed by atoms with van der Waals surface area (Å²) in [6, 6.07) is 9.26. The summed E-state index contributed by atoms with van der Waals surface area (Å²) in [5.41, 5.74) is -0.0841. The predicted molar refractivity (Wildman–Crippen MR) is 92.7 cm³/mol. The van der Waals surface area contributed by atoms with Crippen LogP contribution in [0.2, 0.25) is 0 Å². The van der Waals surface area contributed by atoms with Gasteiger partial charge in [0.1, 0.15) is 5.75 Å². The highest BCUT2D eigenvalue weighted by Gasteiger charge is 2.28. The molecule has 5 nitrogen and oxygen atoms in total. The van der Waals surface area contributed by atoms with Gasteiger partial charge in [0.25, 0.3) is 5.91 Å². The van der Waals surface area contributed by atoms with Crippen molar-refractivity contribution in [2.24, 2.45) is 5.41 Å². The Bertz CT molecular complexity index is 706. The van der Waals surface area contributed by atoms with Gasteiger partial charge in [0.15, 0.2) is 18.1 Å². The first kappa shape index (κ1) is 16.6. The van der Waals surface area contributed by atoms with Crippen molar-refractivity contribution >= 4 is 17.2 Å². The number of carbonyl (C=O) groups is 1. The van der Waals surface area contributed by atoms with Crippen molar-refractivity contribution in [3.8, 4) is 17.2 Å². The molecule has 6 heteroatoms. The molecule has 0 spiro atoms. The maximum absolute atomic E-state index is 12.3. The minimum absolute atomic E-state index is 0.0440. The normalized spacial score (nSPS) is 14.3. The Morgan fingerprint density at radius 1 is 1.29 bits per heavy atom. The van der Waals surface area contributed by atoms with Gasteiger partial charge in [0, 0.05) is 10.9 Å². The Labute approximate surface area is 145 Å². The molecule has 0 bridgehead atoms. The minimum Gasteiger partial charge on any atom is -0.484 e. The van der Waals surface area contributed by atoms with Gasteiger partial charge in [-0.05, 0) is 29.0 Å². The number of amides is 1. The van der Waals surface area contributed by atoms with Gasteiger partial charge < -0.3 is 19.5 Å². The number of rotatable bonds is 5. The quantitative estimate of drug-likeness (QED) is 0.895. The Morgan fingerprint density at radius 3 is 2.79 bits per heavy atom. The molecule has 1 unspecified atom stereocenters. The van der Waals surface area contributed by atoms with Crippen LogP contribution < -0.4 is 19.5 Å². The molecule has 0 fully saturated rings. The summed E-state index contributed by atoms with van der Waals surface area (Å²) in [5.74, 6) is 1.76. The lowest BCUT2D eigenvalue weighted by Crippen LogP contribution is -2.38. The zero-order valence-corrected chi connectivity index (χ0v) is 14.8. The number of hydrogen-bond acceptors (Lipinski definition) is 5. The van der Waals surface area contributed by atoms with E-state index < -0.39 is 0 Å². The molecule has 1 aromatic heterocycles. The summed E-state index contributed by atoms with van der Waals surface area (Å²) in [5, 5.41) is 5.09. The Morgan fingerprint density at radius 2 is 2.08 bits per heavy atom. The number of thiophene rings is 1. The van der Waals surface area contributed by atoms with Crippen molar-refractivity contribution < 1.29 is 19.0 Å². The van der Waals surface area contributed by atoms with Gasteiger partial charge in [-0.1, -0.05) is 26.8 Å². The molecule has 1 aromatic carbocycles. The van der Waals surface area contributed by atoms with Crippen LogP contribution in [0.25, 0.3) is 0 Å². The van der Waals surface area contributed by atoms with Crippen molar-refractivity contribution in [2.75, 3.05) is 13.4 Å². The van der Waals surface area contributed by atoms with Gasteiger partial charge in [-0.25, -0.2) is 0 Å². The fraction of sp³-hybridized carbons (Fsp3) is 0.389. The largest absolute Gasteiger partial charge is 0.484 e. The smallest absolute Gasteiger partial charge is 0.258 e. The molecule has 2 heterocycles. The monoisotopic (exact) mass is 347 g/mol. The van der Waals surface area contributed by atoms with Crippen molar-refractivity contribution in [3.63, 3.8) is 0 Å². The Hall–Kier alpha value is -2.21. The summed E-state index contributed by atoms with van der Waals surface area (Å²) in [4.78, 5) is 13.5. The number of fused-ring (bicyclic) bond motifs is 1. The second-order valence-electron chi connectivity index (χ2n) is 6.69. The molecular weight excluding hydrogens is 326 g/mol. The third-order valence-corrected chi connectivity index (χ3v) is 4.65. The zero-order chi connectivity index (χ0) is 17.2. The van der Waals surface area contributed by atoms with Crippen LogP contribution in [0.4, 0.5) is 0 Å². The zero-order valence-electron chi connectivity index (χ0n) is 14.0. The summed E-state index contributed by atoms with van der Waals surface area (Å²) in [6.45, 7) is 6.49. The average molecular weight is 347 g/mol. The molecule has 1 atom stereocenters. The van der Waals surface area contributed by atoms with E-state index in [2.05, 4.69) is 26.1 Å². The van der Waals surface area contributed by atoms with Crippen molar-refractivity contribution in [1.82, 2.24) is 5.32 Å². The maximum atomic E-state index is 12.3. The van der Waals surface area contributed by atoms with E-state index in [4.69, 9.17) is 14.2 Å². The number of carbonyl (C=O) groups excluding carboxylic acids is 1. The van der Waals surface area contributed by atoms with E-state index in [1.165, 1.54) is 0 Å². The summed E-state index contributed by atoms with van der Waals surface area (Å²) >= 11 is 1.64. The van der Waals surface area contributed by atoms with Crippen molar-refractivity contribution in [3.05, 3.63) is 40.6 Å². The SMILES string of the molecule is CC(C)(C)C(NC(=O)COc1ccc2c(c1)OCO2)c1cccs1. The average Bonchev–Trinajstić information content (AvgIpc) is 3.20. The van der Waals surface area contributed by atoms with Crippen LogP contribution in [0.15, 0.2) is 35.7 Å². The van der Waals surface area contributed by atoms with Crippen molar-refractivity contribution in [2.45, 2.75) is 26.8 Å². The molecule has 1 amide bonds. The highest BCUT2D eigenvalue weighted by molar-refractivity contribution is 7.10. The second kappa shape index (κ2) is 6.73. The molecule has 1 N–H and O–H groups in total. The van der Waals surface area contributed by atoms with E-state index in [1.807, 2.05) is 17.5 Å². The van der Waals surface area contributed by atoms with E-state index >= 15 is 0 Å². The number of ether oxygens (including phenoxy) is 3. The topological polar surface area (TPSA) is 56.8 Å². The van der Waals surface area contributed by atoms with E-state index in [9.17, 15) is 4.79 Å². The molecular formula is C18H21NO4S. The third kappa shape index (κ3) is 3.82. The van der Waals surface area contributed by atoms with Crippen LogP contribution in [0.3, 0.4) is 0 Å². The highest BCUT2D eigenvalue weighted by atomic mass is 32.1. The Kier molecular flexibility index (Phi) is 4.66. The molecule has 1 aliphatic rings. The first-order valence-corrected chi connectivity index (χ1v) is 8.66. The fourth-order valence-electron chi connectivity index (χ4n) is 2.49. The van der Waals surface area contributed by atoms with E-state index in [-0.39, 0.29) is 30.8 Å². The van der Waals surface area contributed by atoms with Crippen molar-refractivity contribution in [1.29, 1.82) is 0 Å². The number of benzene rings is 1. The van der Waals surface area contributed by atoms with Crippen LogP contribution in [0.5, 0.6) is 17.2 Å². The molecule has 1 aliphatic heterocycles. The fourth-order valence-corrected chi connectivity index (χ4v) is 3.51. The lowest BCUT2D eigenvalue weighted by Gasteiger charge is -2.30. The lowest BCUT2D eigenvalue weighted by atomic mass is 9.86. The standard InChI is InChI=1S/C18H21NO4S/c1-18(2,3)17(15-5-4-8-24-15)19-16(20)10-21-12-6-7-13-14(9-12)23-11-22-13/h4-9,17H,10-11H2,1-3H3,(H,19,20). The first-order valence-electron chi connectivity index (χ1n) is 7.79.